The van der Waals surface area contributed by atoms with Gasteiger partial charge in [0.1, 0.15) is 6.61 Å². The van der Waals surface area contributed by atoms with Crippen molar-refractivity contribution in [1.29, 1.82) is 0 Å². The molecule has 1 fully saturated rings. The number of hydrogen-bond donors (Lipinski definition) is 0. The van der Waals surface area contributed by atoms with Crippen molar-refractivity contribution < 1.29 is 9.53 Å². The van der Waals surface area contributed by atoms with Gasteiger partial charge < -0.3 is 9.64 Å². The molecule has 0 aliphatic carbocycles. The van der Waals surface area contributed by atoms with E-state index in [1.54, 1.807) is 7.11 Å². The summed E-state index contributed by atoms with van der Waals surface area (Å²) in [6.45, 7) is 10.4. The van der Waals surface area contributed by atoms with Gasteiger partial charge in [-0.1, -0.05) is 0 Å². The Morgan fingerprint density at radius 2 is 1.73 bits per heavy atom. The largest absolute Gasteiger partial charge is 0.375 e. The summed E-state index contributed by atoms with van der Waals surface area (Å²) in [6, 6.07) is 0. The average Bonchev–Trinajstić information content (AvgIpc) is 2.17. The molecule has 0 N–H and O–H groups in total. The first-order valence-electron chi connectivity index (χ1n) is 5.47. The molecular weight excluding hydrogens is 192 g/mol. The van der Waals surface area contributed by atoms with Crippen molar-refractivity contribution in [1.82, 2.24) is 9.80 Å². The van der Waals surface area contributed by atoms with Crippen LogP contribution in [0.2, 0.25) is 0 Å². The van der Waals surface area contributed by atoms with Gasteiger partial charge in [-0.05, 0) is 20.8 Å². The Morgan fingerprint density at radius 3 is 2.13 bits per heavy atom. The van der Waals surface area contributed by atoms with Crippen LogP contribution >= 0.6 is 0 Å². The van der Waals surface area contributed by atoms with Crippen LogP contribution in [-0.2, 0) is 9.53 Å². The summed E-state index contributed by atoms with van der Waals surface area (Å²) in [7, 11) is 1.56. The number of piperazine rings is 1. The lowest BCUT2D eigenvalue weighted by atomic mass is 10.1. The number of carbonyl (C=O) groups excluding carboxylic acids is 1. The fourth-order valence-corrected chi connectivity index (χ4v) is 1.84. The Labute approximate surface area is 92.2 Å². The van der Waals surface area contributed by atoms with Gasteiger partial charge in [0, 0.05) is 38.8 Å². The summed E-state index contributed by atoms with van der Waals surface area (Å²) in [5, 5.41) is 0. The Kier molecular flexibility index (Phi) is 4.11. The monoisotopic (exact) mass is 214 g/mol. The molecule has 0 bridgehead atoms. The van der Waals surface area contributed by atoms with E-state index in [9.17, 15) is 4.79 Å². The average molecular weight is 214 g/mol. The van der Waals surface area contributed by atoms with Crippen LogP contribution < -0.4 is 0 Å². The number of methoxy groups -OCH3 is 1. The minimum atomic E-state index is 0.103. The number of amides is 1. The maximum absolute atomic E-state index is 11.5. The van der Waals surface area contributed by atoms with Gasteiger partial charge >= 0.3 is 0 Å². The van der Waals surface area contributed by atoms with Gasteiger partial charge in [-0.2, -0.15) is 0 Å². The lowest BCUT2D eigenvalue weighted by Crippen LogP contribution is -2.55. The minimum absolute atomic E-state index is 0.103. The van der Waals surface area contributed by atoms with Crippen molar-refractivity contribution in [3.05, 3.63) is 0 Å². The third-order valence-electron chi connectivity index (χ3n) is 2.85. The van der Waals surface area contributed by atoms with Gasteiger partial charge in [-0.25, -0.2) is 0 Å². The van der Waals surface area contributed by atoms with Gasteiger partial charge in [-0.15, -0.1) is 0 Å². The van der Waals surface area contributed by atoms with Gasteiger partial charge in [0.25, 0.3) is 0 Å². The predicted molar refractivity (Wildman–Crippen MR) is 59.8 cm³/mol. The molecule has 1 rings (SSSR count). The number of ether oxygens (including phenoxy) is 1. The molecule has 4 nitrogen and oxygen atoms in total. The molecule has 88 valence electrons. The van der Waals surface area contributed by atoms with Crippen molar-refractivity contribution in [3.63, 3.8) is 0 Å². The molecule has 0 aromatic heterocycles. The number of carbonyl (C=O) groups is 1. The Balaban J connectivity index is 2.39. The molecule has 1 saturated heterocycles. The lowest BCUT2D eigenvalue weighted by Gasteiger charge is -2.42. The van der Waals surface area contributed by atoms with Crippen molar-refractivity contribution >= 4 is 5.91 Å². The summed E-state index contributed by atoms with van der Waals surface area (Å²) < 4.78 is 4.85. The first kappa shape index (κ1) is 12.5. The highest BCUT2D eigenvalue weighted by Gasteiger charge is 2.27. The van der Waals surface area contributed by atoms with Gasteiger partial charge in [0.15, 0.2) is 0 Å². The van der Waals surface area contributed by atoms with Crippen LogP contribution in [-0.4, -0.2) is 61.1 Å². The fourth-order valence-electron chi connectivity index (χ4n) is 1.84. The number of nitrogens with zero attached hydrogens (tertiary/aromatic N) is 2. The molecule has 1 aliphatic heterocycles. The zero-order valence-corrected chi connectivity index (χ0v) is 10.2. The molecule has 0 spiro atoms. The van der Waals surface area contributed by atoms with E-state index in [1.165, 1.54) is 0 Å². The van der Waals surface area contributed by atoms with Crippen molar-refractivity contribution in [2.24, 2.45) is 0 Å². The van der Waals surface area contributed by atoms with E-state index in [0.717, 1.165) is 26.2 Å². The summed E-state index contributed by atoms with van der Waals surface area (Å²) in [5.74, 6) is 0.103. The molecule has 0 atom stereocenters. The van der Waals surface area contributed by atoms with E-state index >= 15 is 0 Å². The lowest BCUT2D eigenvalue weighted by molar-refractivity contribution is -0.137. The van der Waals surface area contributed by atoms with E-state index in [0.29, 0.717) is 0 Å². The molecule has 15 heavy (non-hydrogen) atoms. The fraction of sp³-hybridized carbons (Fsp3) is 0.909. The third kappa shape index (κ3) is 3.47. The molecule has 0 radical (unpaired) electrons. The maximum Gasteiger partial charge on any atom is 0.248 e. The smallest absolute Gasteiger partial charge is 0.248 e. The van der Waals surface area contributed by atoms with E-state index in [1.807, 2.05) is 4.90 Å². The van der Waals surface area contributed by atoms with Gasteiger partial charge in [-0.3, -0.25) is 9.69 Å². The molecule has 4 heteroatoms. The van der Waals surface area contributed by atoms with Gasteiger partial charge in [0.05, 0.1) is 0 Å². The second-order valence-electron chi connectivity index (χ2n) is 4.97. The summed E-state index contributed by atoms with van der Waals surface area (Å²) in [6.07, 6.45) is 0. The second kappa shape index (κ2) is 4.94. The molecule has 0 aromatic rings. The van der Waals surface area contributed by atoms with Crippen molar-refractivity contribution in [3.8, 4) is 0 Å². The highest BCUT2D eigenvalue weighted by atomic mass is 16.5. The molecule has 0 saturated carbocycles. The van der Waals surface area contributed by atoms with Crippen LogP contribution in [0.4, 0.5) is 0 Å². The standard InChI is InChI=1S/C11H22N2O2/c1-11(2,3)13-7-5-12(6-8-13)10(14)9-15-4/h5-9H2,1-4H3. The SMILES string of the molecule is COCC(=O)N1CCN(C(C)(C)C)CC1. The van der Waals surface area contributed by atoms with E-state index < -0.39 is 0 Å². The van der Waals surface area contributed by atoms with Crippen LogP contribution in [0, 0.1) is 0 Å². The zero-order valence-electron chi connectivity index (χ0n) is 10.2. The minimum Gasteiger partial charge on any atom is -0.375 e. The quantitative estimate of drug-likeness (QED) is 0.674. The maximum atomic E-state index is 11.5. The van der Waals surface area contributed by atoms with Crippen molar-refractivity contribution in [2.75, 3.05) is 39.9 Å². The zero-order chi connectivity index (χ0) is 11.5. The van der Waals surface area contributed by atoms with Crippen LogP contribution in [0.3, 0.4) is 0 Å². The Morgan fingerprint density at radius 1 is 1.20 bits per heavy atom. The molecule has 1 amide bonds. The van der Waals surface area contributed by atoms with Crippen LogP contribution in [0.25, 0.3) is 0 Å². The Hall–Kier alpha value is -0.610. The summed E-state index contributed by atoms with van der Waals surface area (Å²) in [5.41, 5.74) is 0.205. The second-order valence-corrected chi connectivity index (χ2v) is 4.97. The predicted octanol–water partition coefficient (Wildman–Crippen LogP) is 0.575. The molecule has 1 heterocycles. The van der Waals surface area contributed by atoms with Crippen LogP contribution in [0.1, 0.15) is 20.8 Å². The van der Waals surface area contributed by atoms with E-state index in [4.69, 9.17) is 4.74 Å². The first-order chi connectivity index (χ1) is 6.95. The van der Waals surface area contributed by atoms with E-state index in [2.05, 4.69) is 25.7 Å². The molecule has 0 aromatic carbocycles. The topological polar surface area (TPSA) is 32.8 Å². The first-order valence-corrected chi connectivity index (χ1v) is 5.47. The number of hydrogen-bond acceptors (Lipinski definition) is 3. The highest BCUT2D eigenvalue weighted by molar-refractivity contribution is 5.77. The van der Waals surface area contributed by atoms with Crippen molar-refractivity contribution in [2.45, 2.75) is 26.3 Å². The van der Waals surface area contributed by atoms with Gasteiger partial charge in [0.2, 0.25) is 5.91 Å². The molecule has 0 unspecified atom stereocenters. The normalized spacial score (nSPS) is 19.3. The molecule has 1 aliphatic rings. The summed E-state index contributed by atoms with van der Waals surface area (Å²) in [4.78, 5) is 15.8. The molecular formula is C11H22N2O2. The van der Waals surface area contributed by atoms with Crippen LogP contribution in [0.15, 0.2) is 0 Å². The highest BCUT2D eigenvalue weighted by Crippen LogP contribution is 2.15. The summed E-state index contributed by atoms with van der Waals surface area (Å²) >= 11 is 0. The number of rotatable bonds is 2. The third-order valence-corrected chi connectivity index (χ3v) is 2.85. The Bertz CT molecular complexity index is 215. The van der Waals surface area contributed by atoms with E-state index in [-0.39, 0.29) is 18.1 Å². The van der Waals surface area contributed by atoms with Crippen LogP contribution in [0.5, 0.6) is 0 Å².